The van der Waals surface area contributed by atoms with Crippen molar-refractivity contribution in [1.29, 1.82) is 0 Å². The third kappa shape index (κ3) is 7.24. The lowest BCUT2D eigenvalue weighted by molar-refractivity contribution is -0.122. The molecule has 2 aliphatic rings. The molecule has 2 aromatic rings. The number of rotatable bonds is 10. The summed E-state index contributed by atoms with van der Waals surface area (Å²) >= 11 is 12.1. The van der Waals surface area contributed by atoms with Crippen LogP contribution in [-0.4, -0.2) is 26.1 Å². The van der Waals surface area contributed by atoms with Gasteiger partial charge in [0.05, 0.1) is 22.4 Å². The highest BCUT2D eigenvalue weighted by Crippen LogP contribution is 2.32. The first-order valence-electron chi connectivity index (χ1n) is 12.8. The Morgan fingerprint density at radius 1 is 1.16 bits per heavy atom. The van der Waals surface area contributed by atoms with E-state index in [-0.39, 0.29) is 29.8 Å². The minimum Gasteiger partial charge on any atom is -0.349 e. The summed E-state index contributed by atoms with van der Waals surface area (Å²) in [6.45, 7) is 0.642. The Morgan fingerprint density at radius 2 is 1.92 bits per heavy atom. The molecule has 0 heterocycles. The third-order valence-corrected chi connectivity index (χ3v) is 9.53. The zero-order valence-electron chi connectivity index (χ0n) is 20.9. The first-order valence-corrected chi connectivity index (χ1v) is 15.1. The number of sulfonamides is 1. The second-order valence-corrected chi connectivity index (χ2v) is 12.6. The molecule has 204 valence electrons. The summed E-state index contributed by atoms with van der Waals surface area (Å²) in [6.07, 6.45) is 7.34. The normalized spacial score (nSPS) is 20.2. The predicted molar refractivity (Wildman–Crippen MR) is 150 cm³/mol. The lowest BCUT2D eigenvalue weighted by atomic mass is 9.86. The van der Waals surface area contributed by atoms with E-state index in [0.717, 1.165) is 37.7 Å². The summed E-state index contributed by atoms with van der Waals surface area (Å²) in [6, 6.07) is 10.7. The topological polar surface area (TPSA) is 101 Å². The molecule has 0 aromatic heterocycles. The highest BCUT2D eigenvalue weighted by molar-refractivity contribution is 7.90. The van der Waals surface area contributed by atoms with Crippen LogP contribution in [-0.2, 0) is 27.7 Å². The molecule has 2 aromatic carbocycles. The van der Waals surface area contributed by atoms with Gasteiger partial charge in [0, 0.05) is 17.9 Å². The molecule has 0 radical (unpaired) electrons. The number of hydrogen-bond acceptors (Lipinski definition) is 4. The maximum absolute atomic E-state index is 13.6. The predicted octanol–water partition coefficient (Wildman–Crippen LogP) is 5.28. The second-order valence-electron chi connectivity index (χ2n) is 9.76. The molecule has 0 aliphatic heterocycles. The van der Waals surface area contributed by atoms with Gasteiger partial charge in [0.1, 0.15) is 5.82 Å². The number of nitrogens with two attached hydrogens (primary N) is 1. The summed E-state index contributed by atoms with van der Waals surface area (Å²) in [5, 5.41) is 2.71. The zero-order chi connectivity index (χ0) is 27.3. The van der Waals surface area contributed by atoms with Crippen molar-refractivity contribution in [3.63, 3.8) is 0 Å². The van der Waals surface area contributed by atoms with Crippen LogP contribution in [0.25, 0.3) is 0 Å². The van der Waals surface area contributed by atoms with Crippen LogP contribution < -0.4 is 15.8 Å². The Balaban J connectivity index is 1.50. The molecule has 0 bridgehead atoms. The minimum absolute atomic E-state index is 0.0285. The Bertz CT molecular complexity index is 1330. The van der Waals surface area contributed by atoms with Crippen LogP contribution in [0.4, 0.5) is 4.39 Å². The number of fused-ring (bicyclic) bond motifs is 1. The Morgan fingerprint density at radius 3 is 2.63 bits per heavy atom. The lowest BCUT2D eigenvalue weighted by Crippen LogP contribution is -2.39. The van der Waals surface area contributed by atoms with Gasteiger partial charge in [-0.1, -0.05) is 59.6 Å². The maximum atomic E-state index is 13.6. The van der Waals surface area contributed by atoms with Crippen molar-refractivity contribution < 1.29 is 17.6 Å². The number of aryl methyl sites for hydroxylation is 2. The Kier molecular flexibility index (Phi) is 9.65. The second kappa shape index (κ2) is 12.7. The van der Waals surface area contributed by atoms with Crippen molar-refractivity contribution in [2.24, 2.45) is 5.73 Å². The van der Waals surface area contributed by atoms with Gasteiger partial charge in [0.2, 0.25) is 15.9 Å². The van der Waals surface area contributed by atoms with Gasteiger partial charge >= 0.3 is 0 Å². The molecule has 10 heteroatoms. The number of hydrogen-bond donors (Lipinski definition) is 3. The van der Waals surface area contributed by atoms with Gasteiger partial charge in [0.25, 0.3) is 0 Å². The molecule has 0 saturated heterocycles. The molecular weight excluding hydrogens is 548 g/mol. The van der Waals surface area contributed by atoms with Crippen LogP contribution in [0.2, 0.25) is 0 Å². The summed E-state index contributed by atoms with van der Waals surface area (Å²) in [7, 11) is -3.93. The van der Waals surface area contributed by atoms with E-state index in [0.29, 0.717) is 17.1 Å². The van der Waals surface area contributed by atoms with Gasteiger partial charge in [-0.3, -0.25) is 4.79 Å². The zero-order valence-corrected chi connectivity index (χ0v) is 23.3. The number of benzene rings is 2. The van der Waals surface area contributed by atoms with E-state index >= 15 is 0 Å². The standard InChI is InChI=1S/C28H32Cl2FN3O3S/c29-24-13-11-22(16-25(24)30)38(36,37)34-27(19-7-9-21(31)10-8-19)17-28(35)33-26-5-1-4-20-15-18(3-2-14-32)6-12-23(20)26/h6-13,15,22,26-27,34H,1-5,14,16-17,32H2,(H,33,35)/t22?,26-,27-/m1/s1. The largest absolute Gasteiger partial charge is 0.349 e. The molecule has 6 nitrogen and oxygen atoms in total. The molecule has 4 N–H and O–H groups in total. The summed E-state index contributed by atoms with van der Waals surface area (Å²) < 4.78 is 42.7. The molecule has 3 atom stereocenters. The molecule has 0 saturated carbocycles. The van der Waals surface area contributed by atoms with Crippen molar-refractivity contribution in [3.8, 4) is 0 Å². The van der Waals surface area contributed by atoms with Crippen LogP contribution >= 0.6 is 23.2 Å². The van der Waals surface area contributed by atoms with E-state index in [9.17, 15) is 17.6 Å². The first-order chi connectivity index (χ1) is 18.2. The molecule has 1 unspecified atom stereocenters. The van der Waals surface area contributed by atoms with Gasteiger partial charge in [-0.2, -0.15) is 0 Å². The van der Waals surface area contributed by atoms with Gasteiger partial charge in [-0.25, -0.2) is 17.5 Å². The highest BCUT2D eigenvalue weighted by atomic mass is 35.5. The first kappa shape index (κ1) is 28.8. The van der Waals surface area contributed by atoms with E-state index < -0.39 is 27.1 Å². The van der Waals surface area contributed by atoms with Crippen molar-refractivity contribution in [2.45, 2.75) is 62.3 Å². The van der Waals surface area contributed by atoms with Gasteiger partial charge in [-0.05, 0) is 79.1 Å². The molecule has 38 heavy (non-hydrogen) atoms. The molecule has 4 rings (SSSR count). The number of nitrogens with one attached hydrogen (secondary N) is 2. The summed E-state index contributed by atoms with van der Waals surface area (Å²) in [4.78, 5) is 13.2. The van der Waals surface area contributed by atoms with Gasteiger partial charge < -0.3 is 11.1 Å². The number of allylic oxidation sites excluding steroid dienone is 3. The molecular formula is C28H32Cl2FN3O3S. The number of carbonyl (C=O) groups excluding carboxylic acids is 1. The number of carbonyl (C=O) groups is 1. The van der Waals surface area contributed by atoms with Crippen molar-refractivity contribution in [1.82, 2.24) is 10.0 Å². The fourth-order valence-electron chi connectivity index (χ4n) is 4.96. The number of amides is 1. The van der Waals surface area contributed by atoms with Crippen molar-refractivity contribution in [3.05, 3.63) is 92.8 Å². The monoisotopic (exact) mass is 579 g/mol. The Labute approximate surface area is 233 Å². The highest BCUT2D eigenvalue weighted by Gasteiger charge is 2.31. The molecule has 0 fully saturated rings. The molecule has 0 spiro atoms. The van der Waals surface area contributed by atoms with Crippen LogP contribution in [0.3, 0.4) is 0 Å². The number of halogens is 3. The maximum Gasteiger partial charge on any atom is 0.222 e. The van der Waals surface area contributed by atoms with Crippen LogP contribution in [0.15, 0.2) is 64.7 Å². The van der Waals surface area contributed by atoms with Gasteiger partial charge in [0.15, 0.2) is 0 Å². The average molecular weight is 581 g/mol. The van der Waals surface area contributed by atoms with E-state index in [1.807, 2.05) is 0 Å². The SMILES string of the molecule is NCCCc1ccc2c(c1)CCC[C@H]2NC(=O)C[C@@H](NS(=O)(=O)C1C=CC(Cl)=C(Cl)C1)c1ccc(F)cc1. The van der Waals surface area contributed by atoms with E-state index in [4.69, 9.17) is 28.9 Å². The third-order valence-electron chi connectivity index (χ3n) is 6.99. The van der Waals surface area contributed by atoms with E-state index in [1.165, 1.54) is 47.5 Å². The van der Waals surface area contributed by atoms with E-state index in [2.05, 4.69) is 28.2 Å². The van der Waals surface area contributed by atoms with Crippen molar-refractivity contribution >= 4 is 39.1 Å². The summed E-state index contributed by atoms with van der Waals surface area (Å²) in [5.41, 5.74) is 9.68. The summed E-state index contributed by atoms with van der Waals surface area (Å²) in [5.74, 6) is -0.751. The van der Waals surface area contributed by atoms with Crippen LogP contribution in [0.5, 0.6) is 0 Å². The Hall–Kier alpha value is -2.23. The fraction of sp³-hybridized carbons (Fsp3) is 0.393. The van der Waals surface area contributed by atoms with Gasteiger partial charge in [-0.15, -0.1) is 0 Å². The minimum atomic E-state index is -3.93. The van der Waals surface area contributed by atoms with Crippen molar-refractivity contribution in [2.75, 3.05) is 6.54 Å². The smallest absolute Gasteiger partial charge is 0.222 e. The lowest BCUT2D eigenvalue weighted by Gasteiger charge is -2.28. The molecule has 2 aliphatic carbocycles. The molecule has 1 amide bonds. The quantitative estimate of drug-likeness (QED) is 0.356. The van der Waals surface area contributed by atoms with E-state index in [1.54, 1.807) is 0 Å². The average Bonchev–Trinajstić information content (AvgIpc) is 2.89. The fourth-order valence-corrected chi connectivity index (χ4v) is 6.90. The van der Waals surface area contributed by atoms with Crippen LogP contribution in [0.1, 0.15) is 66.4 Å². The van der Waals surface area contributed by atoms with Crippen LogP contribution in [0, 0.1) is 5.82 Å².